The molecule has 3 atom stereocenters. The molecule has 35 heavy (non-hydrogen) atoms. The molecule has 0 radical (unpaired) electrons. The maximum Gasteiger partial charge on any atom is 0.229 e. The van der Waals surface area contributed by atoms with E-state index in [9.17, 15) is 8.42 Å². The van der Waals surface area contributed by atoms with Crippen LogP contribution in [0.25, 0.3) is 0 Å². The number of pyridine rings is 1. The number of ether oxygens (including phenoxy) is 1. The van der Waals surface area contributed by atoms with Crippen molar-refractivity contribution in [1.82, 2.24) is 14.9 Å². The molecule has 2 aliphatic rings. The fourth-order valence-electron chi connectivity index (χ4n) is 4.92. The maximum absolute atomic E-state index is 11.8. The van der Waals surface area contributed by atoms with Crippen molar-refractivity contribution in [2.75, 3.05) is 22.5 Å². The minimum atomic E-state index is -3.38. The van der Waals surface area contributed by atoms with Gasteiger partial charge in [0.05, 0.1) is 29.8 Å². The summed E-state index contributed by atoms with van der Waals surface area (Å²) in [4.78, 5) is 6.73. The van der Waals surface area contributed by atoms with Gasteiger partial charge in [-0.05, 0) is 80.0 Å². The topological polar surface area (TPSA) is 88.5 Å². The van der Waals surface area contributed by atoms with E-state index in [-0.39, 0.29) is 18.2 Å². The molecule has 1 aromatic carbocycles. The smallest absolute Gasteiger partial charge is 0.229 e. The highest BCUT2D eigenvalue weighted by atomic mass is 32.2. The molecule has 184 valence electrons. The van der Waals surface area contributed by atoms with Crippen molar-refractivity contribution in [3.05, 3.63) is 77.9 Å². The fraction of sp³-hybridized carbons (Fsp3) is 0.360. The first-order valence-corrected chi connectivity index (χ1v) is 14.0. The van der Waals surface area contributed by atoms with Crippen LogP contribution in [0.4, 0.5) is 11.4 Å². The van der Waals surface area contributed by atoms with E-state index in [1.807, 2.05) is 37.3 Å². The molecule has 2 aromatic heterocycles. The Morgan fingerprint density at radius 1 is 1.23 bits per heavy atom. The summed E-state index contributed by atoms with van der Waals surface area (Å²) in [6.45, 7) is 3.48. The van der Waals surface area contributed by atoms with Crippen LogP contribution in [-0.4, -0.2) is 42.0 Å². The van der Waals surface area contributed by atoms with E-state index in [1.54, 1.807) is 12.3 Å². The molecule has 0 unspecified atom stereocenters. The van der Waals surface area contributed by atoms with E-state index in [2.05, 4.69) is 42.8 Å². The van der Waals surface area contributed by atoms with Crippen molar-refractivity contribution in [1.29, 1.82) is 0 Å². The summed E-state index contributed by atoms with van der Waals surface area (Å²) in [6, 6.07) is 15.4. The third-order valence-corrected chi connectivity index (χ3v) is 7.38. The van der Waals surface area contributed by atoms with E-state index in [1.165, 1.54) is 0 Å². The Bertz CT molecular complexity index is 1320. The fourth-order valence-corrected chi connectivity index (χ4v) is 5.89. The normalized spacial score (nSPS) is 22.4. The predicted molar refractivity (Wildman–Crippen MR) is 141 cm³/mol. The lowest BCUT2D eigenvalue weighted by atomic mass is 10.0. The summed E-state index contributed by atoms with van der Waals surface area (Å²) >= 11 is 5.84. The van der Waals surface area contributed by atoms with Crippen molar-refractivity contribution in [2.24, 2.45) is 0 Å². The minimum absolute atomic E-state index is 0.151. The third kappa shape index (κ3) is 5.05. The van der Waals surface area contributed by atoms with Gasteiger partial charge in [0.2, 0.25) is 10.0 Å². The molecule has 5 rings (SSSR count). The Kier molecular flexibility index (Phi) is 6.52. The van der Waals surface area contributed by atoms with Crippen LogP contribution in [0.15, 0.2) is 60.9 Å². The average molecular weight is 512 g/mol. The number of sulfonamides is 1. The Labute approximate surface area is 211 Å². The Morgan fingerprint density at radius 2 is 2.09 bits per heavy atom. The number of hydrogen-bond donors (Lipinski definition) is 2. The lowest BCUT2D eigenvalue weighted by molar-refractivity contribution is 0.0961. The molecular weight excluding hydrogens is 482 g/mol. The van der Waals surface area contributed by atoms with Gasteiger partial charge in [0, 0.05) is 36.9 Å². The van der Waals surface area contributed by atoms with Gasteiger partial charge in [-0.1, -0.05) is 6.07 Å². The van der Waals surface area contributed by atoms with Gasteiger partial charge in [-0.3, -0.25) is 9.71 Å². The van der Waals surface area contributed by atoms with Crippen LogP contribution in [0.1, 0.15) is 41.9 Å². The Hall–Kier alpha value is -2.95. The zero-order valence-corrected chi connectivity index (χ0v) is 21.3. The maximum atomic E-state index is 11.8. The van der Waals surface area contributed by atoms with E-state index in [0.29, 0.717) is 10.8 Å². The largest absolute Gasteiger partial charge is 0.376 e. The zero-order chi connectivity index (χ0) is 24.6. The second kappa shape index (κ2) is 9.60. The average Bonchev–Trinajstić information content (AvgIpc) is 3.56. The van der Waals surface area contributed by atoms with Crippen molar-refractivity contribution < 1.29 is 13.2 Å². The summed E-state index contributed by atoms with van der Waals surface area (Å²) in [5.41, 5.74) is 4.26. The third-order valence-electron chi connectivity index (χ3n) is 6.47. The second-order valence-electron chi connectivity index (χ2n) is 9.09. The van der Waals surface area contributed by atoms with Crippen LogP contribution in [0.5, 0.6) is 0 Å². The summed E-state index contributed by atoms with van der Waals surface area (Å²) in [5, 5.41) is 4.09. The van der Waals surface area contributed by atoms with Gasteiger partial charge in [-0.25, -0.2) is 8.42 Å². The van der Waals surface area contributed by atoms with Crippen molar-refractivity contribution >= 4 is 38.7 Å². The number of thiocarbonyl (C=S) groups is 1. The van der Waals surface area contributed by atoms with Crippen LogP contribution in [0.2, 0.25) is 0 Å². The molecule has 4 heterocycles. The van der Waals surface area contributed by atoms with Crippen LogP contribution < -0.4 is 14.9 Å². The summed E-state index contributed by atoms with van der Waals surface area (Å²) < 4.78 is 34.3. The van der Waals surface area contributed by atoms with E-state index < -0.39 is 10.0 Å². The quantitative estimate of drug-likeness (QED) is 0.465. The number of aryl methyl sites for hydroxylation is 1. The standard InChI is InChI=1S/C25H29N5O3S2/c1-17-15-18(10-11-20(17)28-35(2,31)32)30-24(23(27-25(30)34)21-8-3-4-12-26-21)22-9-5-13-29(22)16-19-7-6-14-33-19/h3-5,8-13,15,19,23-24,28H,6-7,14,16H2,1-2H3,(H,27,34)/t19-,23-,24+/m0/s1. The molecule has 0 bridgehead atoms. The van der Waals surface area contributed by atoms with E-state index in [0.717, 1.165) is 54.9 Å². The number of nitrogens with zero attached hydrogens (tertiary/aromatic N) is 3. The number of anilines is 2. The molecule has 3 aromatic rings. The molecule has 0 aliphatic carbocycles. The lowest BCUT2D eigenvalue weighted by Gasteiger charge is -2.30. The van der Waals surface area contributed by atoms with Gasteiger partial charge < -0.3 is 19.5 Å². The molecule has 2 saturated heterocycles. The van der Waals surface area contributed by atoms with Crippen LogP contribution in [0, 0.1) is 6.92 Å². The van der Waals surface area contributed by atoms with E-state index >= 15 is 0 Å². The van der Waals surface area contributed by atoms with Gasteiger partial charge >= 0.3 is 0 Å². The summed E-state index contributed by atoms with van der Waals surface area (Å²) in [5.74, 6) is 0. The van der Waals surface area contributed by atoms with Crippen LogP contribution in [-0.2, 0) is 21.3 Å². The van der Waals surface area contributed by atoms with Crippen LogP contribution in [0.3, 0.4) is 0 Å². The Balaban J connectivity index is 1.56. The number of benzene rings is 1. The van der Waals surface area contributed by atoms with Crippen molar-refractivity contribution in [3.8, 4) is 0 Å². The molecule has 10 heteroatoms. The zero-order valence-electron chi connectivity index (χ0n) is 19.7. The van der Waals surface area contributed by atoms with Crippen molar-refractivity contribution in [2.45, 2.75) is 44.5 Å². The van der Waals surface area contributed by atoms with Gasteiger partial charge in [-0.2, -0.15) is 0 Å². The second-order valence-corrected chi connectivity index (χ2v) is 11.2. The summed E-state index contributed by atoms with van der Waals surface area (Å²) in [6.07, 6.45) is 7.38. The highest BCUT2D eigenvalue weighted by molar-refractivity contribution is 7.92. The number of hydrogen-bond acceptors (Lipinski definition) is 5. The molecule has 2 aliphatic heterocycles. The van der Waals surface area contributed by atoms with E-state index in [4.69, 9.17) is 17.0 Å². The van der Waals surface area contributed by atoms with Crippen molar-refractivity contribution in [3.63, 3.8) is 0 Å². The highest BCUT2D eigenvalue weighted by Crippen LogP contribution is 2.42. The highest BCUT2D eigenvalue weighted by Gasteiger charge is 2.42. The number of nitrogens with one attached hydrogen (secondary N) is 2. The van der Waals surface area contributed by atoms with Gasteiger partial charge in [0.25, 0.3) is 0 Å². The molecule has 0 spiro atoms. The SMILES string of the molecule is Cc1cc(N2C(=S)N[C@@H](c3ccccn3)[C@H]2c2cccn2C[C@@H]2CCCO2)ccc1NS(C)(=O)=O. The number of rotatable bonds is 7. The van der Waals surface area contributed by atoms with Gasteiger partial charge in [0.15, 0.2) is 5.11 Å². The molecule has 8 nitrogen and oxygen atoms in total. The predicted octanol–water partition coefficient (Wildman–Crippen LogP) is 3.92. The molecule has 0 amide bonds. The molecule has 2 fully saturated rings. The van der Waals surface area contributed by atoms with Gasteiger partial charge in [-0.15, -0.1) is 0 Å². The minimum Gasteiger partial charge on any atom is -0.376 e. The lowest BCUT2D eigenvalue weighted by Crippen LogP contribution is -2.31. The number of aromatic nitrogens is 2. The molecule has 0 saturated carbocycles. The molecule has 2 N–H and O–H groups in total. The first kappa shape index (κ1) is 23.8. The van der Waals surface area contributed by atoms with Crippen LogP contribution >= 0.6 is 12.2 Å². The first-order valence-electron chi connectivity index (χ1n) is 11.7. The monoisotopic (exact) mass is 511 g/mol. The molecular formula is C25H29N5O3S2. The van der Waals surface area contributed by atoms with Gasteiger partial charge in [0.1, 0.15) is 6.04 Å². The Morgan fingerprint density at radius 3 is 2.77 bits per heavy atom. The first-order chi connectivity index (χ1) is 16.8. The summed E-state index contributed by atoms with van der Waals surface area (Å²) in [7, 11) is -3.38.